The van der Waals surface area contributed by atoms with E-state index in [2.05, 4.69) is 33.3 Å². The molecule has 1 heterocycles. The van der Waals surface area contributed by atoms with E-state index >= 15 is 0 Å². The van der Waals surface area contributed by atoms with Gasteiger partial charge in [0.2, 0.25) is 0 Å². The van der Waals surface area contributed by atoms with Crippen LogP contribution in [0.4, 0.5) is 4.39 Å². The first kappa shape index (κ1) is 16.5. The number of aryl methyl sites for hydroxylation is 1. The first-order valence-electron chi connectivity index (χ1n) is 6.98. The van der Waals surface area contributed by atoms with Crippen molar-refractivity contribution in [2.24, 2.45) is 0 Å². The summed E-state index contributed by atoms with van der Waals surface area (Å²) in [4.78, 5) is 0. The molecular formula is C15H18BrClFN3. The molecule has 0 amide bonds. The number of nitrogens with zero attached hydrogens (tertiary/aromatic N) is 2. The van der Waals surface area contributed by atoms with Gasteiger partial charge in [0, 0.05) is 6.54 Å². The minimum atomic E-state index is -0.406. The quantitative estimate of drug-likeness (QED) is 0.804. The van der Waals surface area contributed by atoms with Gasteiger partial charge in [-0.05, 0) is 53.5 Å². The fourth-order valence-electron chi connectivity index (χ4n) is 2.26. The summed E-state index contributed by atoms with van der Waals surface area (Å²) in [7, 11) is 0. The predicted molar refractivity (Wildman–Crippen MR) is 87.1 cm³/mol. The third-order valence-corrected chi connectivity index (χ3v) is 4.20. The molecule has 1 atom stereocenters. The van der Waals surface area contributed by atoms with Gasteiger partial charge >= 0.3 is 0 Å². The molecule has 0 fully saturated rings. The summed E-state index contributed by atoms with van der Waals surface area (Å²) in [5.41, 5.74) is 1.83. The summed E-state index contributed by atoms with van der Waals surface area (Å²) in [5.74, 6) is -0.406. The van der Waals surface area contributed by atoms with Crippen LogP contribution >= 0.6 is 27.5 Å². The molecule has 0 saturated heterocycles. The Hall–Kier alpha value is -0.910. The van der Waals surface area contributed by atoms with Crippen LogP contribution in [0.25, 0.3) is 0 Å². The zero-order valence-corrected chi connectivity index (χ0v) is 14.4. The monoisotopic (exact) mass is 373 g/mol. The van der Waals surface area contributed by atoms with Crippen molar-refractivity contribution >= 4 is 27.5 Å². The molecule has 0 aliphatic heterocycles. The number of hydrogen-bond acceptors (Lipinski definition) is 2. The number of halogens is 3. The molecule has 114 valence electrons. The van der Waals surface area contributed by atoms with E-state index in [1.165, 1.54) is 6.07 Å². The van der Waals surface area contributed by atoms with Gasteiger partial charge in [0.05, 0.1) is 27.4 Å². The van der Waals surface area contributed by atoms with Crippen LogP contribution in [0.5, 0.6) is 0 Å². The second-order valence-electron chi connectivity index (χ2n) is 4.75. The van der Waals surface area contributed by atoms with Gasteiger partial charge in [-0.15, -0.1) is 0 Å². The Balaban J connectivity index is 2.46. The second kappa shape index (κ2) is 7.38. The largest absolute Gasteiger partial charge is 0.305 e. The van der Waals surface area contributed by atoms with E-state index in [0.717, 1.165) is 35.2 Å². The molecule has 0 aliphatic rings. The van der Waals surface area contributed by atoms with Crippen molar-refractivity contribution in [1.82, 2.24) is 15.1 Å². The van der Waals surface area contributed by atoms with Crippen molar-refractivity contribution in [3.05, 3.63) is 51.0 Å². The average molecular weight is 375 g/mol. The number of hydrogen-bond donors (Lipinski definition) is 1. The van der Waals surface area contributed by atoms with E-state index in [1.54, 1.807) is 12.3 Å². The fourth-order valence-corrected chi connectivity index (χ4v) is 2.91. The van der Waals surface area contributed by atoms with Gasteiger partial charge in [-0.3, -0.25) is 4.68 Å². The summed E-state index contributed by atoms with van der Waals surface area (Å²) in [5, 5.41) is 7.92. The maximum atomic E-state index is 13.8. The molecule has 0 radical (unpaired) electrons. The van der Waals surface area contributed by atoms with Crippen LogP contribution in [0.3, 0.4) is 0 Å². The summed E-state index contributed by atoms with van der Waals surface area (Å²) in [6.07, 6.45) is 2.76. The van der Waals surface area contributed by atoms with Crippen LogP contribution in [0.1, 0.15) is 37.6 Å². The topological polar surface area (TPSA) is 29.9 Å². The maximum absolute atomic E-state index is 13.8. The highest BCUT2D eigenvalue weighted by Crippen LogP contribution is 2.30. The van der Waals surface area contributed by atoms with Crippen LogP contribution in [0, 0.1) is 5.82 Å². The zero-order chi connectivity index (χ0) is 15.4. The predicted octanol–water partition coefficient (Wildman–Crippen LogP) is 4.55. The lowest BCUT2D eigenvalue weighted by Gasteiger charge is -2.21. The number of aromatic nitrogens is 2. The lowest BCUT2D eigenvalue weighted by Crippen LogP contribution is -2.26. The third kappa shape index (κ3) is 3.65. The van der Waals surface area contributed by atoms with E-state index < -0.39 is 5.82 Å². The molecule has 2 aromatic rings. The Morgan fingerprint density at radius 1 is 1.43 bits per heavy atom. The summed E-state index contributed by atoms with van der Waals surface area (Å²) < 4.78 is 16.6. The second-order valence-corrected chi connectivity index (χ2v) is 6.02. The van der Waals surface area contributed by atoms with Crippen molar-refractivity contribution in [1.29, 1.82) is 0 Å². The first-order chi connectivity index (χ1) is 10.1. The van der Waals surface area contributed by atoms with Crippen LogP contribution in [-0.2, 0) is 6.54 Å². The van der Waals surface area contributed by atoms with Gasteiger partial charge in [-0.1, -0.05) is 24.6 Å². The number of rotatable bonds is 6. The minimum Gasteiger partial charge on any atom is -0.305 e. The molecule has 0 bridgehead atoms. The van der Waals surface area contributed by atoms with Crippen molar-refractivity contribution in [3.63, 3.8) is 0 Å². The average Bonchev–Trinajstić information content (AvgIpc) is 2.84. The molecule has 0 spiro atoms. The van der Waals surface area contributed by atoms with E-state index in [0.29, 0.717) is 0 Å². The summed E-state index contributed by atoms with van der Waals surface area (Å²) >= 11 is 9.32. The van der Waals surface area contributed by atoms with Crippen molar-refractivity contribution < 1.29 is 4.39 Å². The molecule has 1 unspecified atom stereocenters. The van der Waals surface area contributed by atoms with Crippen LogP contribution in [-0.4, -0.2) is 16.3 Å². The number of benzene rings is 1. The Labute approximate surface area is 137 Å². The van der Waals surface area contributed by atoms with Crippen molar-refractivity contribution in [3.8, 4) is 0 Å². The molecule has 1 aromatic heterocycles. The highest BCUT2D eigenvalue weighted by molar-refractivity contribution is 9.10. The smallest absolute Gasteiger partial charge is 0.142 e. The highest BCUT2D eigenvalue weighted by Gasteiger charge is 2.21. The molecule has 1 aromatic carbocycles. The molecule has 1 N–H and O–H groups in total. The minimum absolute atomic E-state index is 0.131. The first-order valence-corrected chi connectivity index (χ1v) is 8.15. The Bertz CT molecular complexity index is 615. The summed E-state index contributed by atoms with van der Waals surface area (Å²) in [6, 6.07) is 4.79. The summed E-state index contributed by atoms with van der Waals surface area (Å²) in [6.45, 7) is 5.71. The molecule has 21 heavy (non-hydrogen) atoms. The SMILES string of the molecule is CCCNC(c1ccc(Cl)c(F)c1)c1c(Br)cnn1CC. The highest BCUT2D eigenvalue weighted by atomic mass is 79.9. The van der Waals surface area contributed by atoms with E-state index in [4.69, 9.17) is 11.6 Å². The van der Waals surface area contributed by atoms with Crippen molar-refractivity contribution in [2.45, 2.75) is 32.9 Å². The van der Waals surface area contributed by atoms with Gasteiger partial charge in [0.25, 0.3) is 0 Å². The molecule has 6 heteroatoms. The lowest BCUT2D eigenvalue weighted by molar-refractivity contribution is 0.525. The van der Waals surface area contributed by atoms with Gasteiger partial charge in [-0.2, -0.15) is 5.10 Å². The molecular weight excluding hydrogens is 357 g/mol. The van der Waals surface area contributed by atoms with Crippen LogP contribution < -0.4 is 5.32 Å². The van der Waals surface area contributed by atoms with E-state index in [1.807, 2.05) is 17.7 Å². The van der Waals surface area contributed by atoms with Gasteiger partial charge in [0.15, 0.2) is 0 Å². The Morgan fingerprint density at radius 3 is 2.81 bits per heavy atom. The van der Waals surface area contributed by atoms with Gasteiger partial charge < -0.3 is 5.32 Å². The van der Waals surface area contributed by atoms with Gasteiger partial charge in [0.1, 0.15) is 5.82 Å². The van der Waals surface area contributed by atoms with Crippen LogP contribution in [0.2, 0.25) is 5.02 Å². The fraction of sp³-hybridized carbons (Fsp3) is 0.400. The zero-order valence-electron chi connectivity index (χ0n) is 12.0. The standard InChI is InChI=1S/C15H18BrClFN3/c1-3-7-19-14(10-5-6-12(17)13(18)8-10)15-11(16)9-20-21(15)4-2/h5-6,8-9,14,19H,3-4,7H2,1-2H3. The van der Waals surface area contributed by atoms with E-state index in [-0.39, 0.29) is 11.1 Å². The molecule has 0 saturated carbocycles. The molecule has 3 nitrogen and oxygen atoms in total. The maximum Gasteiger partial charge on any atom is 0.142 e. The number of nitrogens with one attached hydrogen (secondary N) is 1. The Morgan fingerprint density at radius 2 is 2.19 bits per heavy atom. The normalized spacial score (nSPS) is 12.6. The molecule has 2 rings (SSSR count). The Kier molecular flexibility index (Phi) is 5.79. The molecule has 0 aliphatic carbocycles. The lowest BCUT2D eigenvalue weighted by atomic mass is 10.0. The third-order valence-electron chi connectivity index (χ3n) is 3.28. The van der Waals surface area contributed by atoms with Crippen molar-refractivity contribution in [2.75, 3.05) is 6.54 Å². The van der Waals surface area contributed by atoms with Crippen LogP contribution in [0.15, 0.2) is 28.9 Å². The van der Waals surface area contributed by atoms with Gasteiger partial charge in [-0.25, -0.2) is 4.39 Å². The van der Waals surface area contributed by atoms with E-state index in [9.17, 15) is 4.39 Å².